The first-order valence-electron chi connectivity index (χ1n) is 12.6. The average Bonchev–Trinajstić information content (AvgIpc) is 2.82. The number of nitrogens with one attached hydrogen (secondary N) is 6. The first kappa shape index (κ1) is 23.4. The normalized spacial score (nSPS) is 42.1. The highest BCUT2D eigenvalue weighted by molar-refractivity contribution is 5.82. The highest BCUT2D eigenvalue weighted by Crippen LogP contribution is 2.26. The molecule has 0 bridgehead atoms. The Kier molecular flexibility index (Phi) is 8.59. The minimum atomic E-state index is 0.00183. The molecule has 8 unspecified atom stereocenters. The zero-order valence-corrected chi connectivity index (χ0v) is 19.4. The molecule has 0 aromatic carbocycles. The molecule has 6 N–H and O–H groups in total. The van der Waals surface area contributed by atoms with Crippen LogP contribution >= 0.6 is 0 Å². The van der Waals surface area contributed by atoms with Gasteiger partial charge in [0, 0.05) is 31.8 Å². The van der Waals surface area contributed by atoms with Gasteiger partial charge in [-0.2, -0.15) is 0 Å². The van der Waals surface area contributed by atoms with Gasteiger partial charge < -0.3 is 20.7 Å². The van der Waals surface area contributed by atoms with E-state index in [9.17, 15) is 4.79 Å². The number of rotatable bonds is 6. The molecule has 8 heteroatoms. The van der Waals surface area contributed by atoms with Gasteiger partial charge in [-0.15, -0.1) is 0 Å². The zero-order chi connectivity index (χ0) is 21.6. The second-order valence-electron chi connectivity index (χ2n) is 10.2. The molecule has 4 fully saturated rings. The van der Waals surface area contributed by atoms with Gasteiger partial charge in [0.15, 0.2) is 0 Å². The Morgan fingerprint density at radius 1 is 1.00 bits per heavy atom. The number of piperidine rings is 2. The lowest BCUT2D eigenvalue weighted by Gasteiger charge is -2.43. The second kappa shape index (κ2) is 11.4. The van der Waals surface area contributed by atoms with E-state index in [-0.39, 0.29) is 24.3 Å². The Bertz CT molecular complexity index is 572. The fraction of sp³-hybridized carbons (Fsp3) is 0.957. The number of methoxy groups -OCH3 is 1. The monoisotopic (exact) mass is 436 g/mol. The summed E-state index contributed by atoms with van der Waals surface area (Å²) in [4.78, 5) is 12.7. The quantitative estimate of drug-likeness (QED) is 0.355. The Morgan fingerprint density at radius 2 is 1.90 bits per heavy atom. The summed E-state index contributed by atoms with van der Waals surface area (Å²) < 4.78 is 5.60. The van der Waals surface area contributed by atoms with Crippen LogP contribution in [0.2, 0.25) is 0 Å². The van der Waals surface area contributed by atoms with Crippen LogP contribution in [0, 0.1) is 11.8 Å². The zero-order valence-electron chi connectivity index (χ0n) is 19.4. The third kappa shape index (κ3) is 6.39. The van der Waals surface area contributed by atoms with E-state index in [4.69, 9.17) is 4.74 Å². The fourth-order valence-corrected chi connectivity index (χ4v) is 5.92. The molecule has 0 aromatic heterocycles. The van der Waals surface area contributed by atoms with E-state index in [1.165, 1.54) is 6.42 Å². The molecule has 1 aliphatic carbocycles. The summed E-state index contributed by atoms with van der Waals surface area (Å²) in [6.45, 7) is 6.35. The third-order valence-electron chi connectivity index (χ3n) is 7.98. The number of carbonyl (C=O) groups is 1. The molecule has 3 aliphatic heterocycles. The number of hydrogen-bond acceptors (Lipinski definition) is 7. The predicted octanol–water partition coefficient (Wildman–Crippen LogP) is 0.251. The lowest BCUT2D eigenvalue weighted by Crippen LogP contribution is -2.66. The van der Waals surface area contributed by atoms with Gasteiger partial charge in [-0.3, -0.25) is 20.7 Å². The van der Waals surface area contributed by atoms with E-state index in [2.05, 4.69) is 38.8 Å². The SMILES string of the molecule is COC1CNCC(C2CCNC(NC3CC(NC(=O)C4CCCCN4)CCC3C)N2)C1. The Hall–Kier alpha value is -0.770. The van der Waals surface area contributed by atoms with Crippen LogP contribution in [0.25, 0.3) is 0 Å². The van der Waals surface area contributed by atoms with Crippen LogP contribution in [0.4, 0.5) is 0 Å². The molecule has 3 heterocycles. The molecular formula is C23H44N6O2. The van der Waals surface area contributed by atoms with Crippen molar-refractivity contribution in [3.05, 3.63) is 0 Å². The lowest BCUT2D eigenvalue weighted by atomic mass is 9.82. The number of hydrogen-bond donors (Lipinski definition) is 6. The smallest absolute Gasteiger partial charge is 0.237 e. The van der Waals surface area contributed by atoms with Crippen molar-refractivity contribution in [3.8, 4) is 0 Å². The molecule has 4 rings (SSSR count). The van der Waals surface area contributed by atoms with Gasteiger partial charge in [0.25, 0.3) is 0 Å². The molecule has 31 heavy (non-hydrogen) atoms. The molecule has 178 valence electrons. The maximum Gasteiger partial charge on any atom is 0.237 e. The van der Waals surface area contributed by atoms with Crippen molar-refractivity contribution in [2.24, 2.45) is 11.8 Å². The summed E-state index contributed by atoms with van der Waals surface area (Å²) in [7, 11) is 1.82. The van der Waals surface area contributed by atoms with Gasteiger partial charge >= 0.3 is 0 Å². The van der Waals surface area contributed by atoms with Crippen LogP contribution in [0.15, 0.2) is 0 Å². The van der Waals surface area contributed by atoms with Crippen molar-refractivity contribution in [2.75, 3.05) is 33.3 Å². The standard InChI is InChI=1S/C23H44N6O2/c1-15-6-7-17(27-22(30)20-5-3-4-9-25-20)12-21(15)29-23-26-10-8-19(28-23)16-11-18(31-2)14-24-13-16/h15-21,23-26,28-29H,3-14H2,1-2H3,(H,27,30). The molecule has 3 saturated heterocycles. The van der Waals surface area contributed by atoms with Gasteiger partial charge in [0.05, 0.1) is 12.1 Å². The predicted molar refractivity (Wildman–Crippen MR) is 123 cm³/mol. The van der Waals surface area contributed by atoms with Gasteiger partial charge in [-0.25, -0.2) is 0 Å². The van der Waals surface area contributed by atoms with E-state index in [1.807, 2.05) is 7.11 Å². The molecule has 0 spiro atoms. The van der Waals surface area contributed by atoms with Gasteiger partial charge in [0.1, 0.15) is 6.29 Å². The van der Waals surface area contributed by atoms with Crippen LogP contribution in [0.1, 0.15) is 58.3 Å². The Morgan fingerprint density at radius 3 is 2.71 bits per heavy atom. The molecule has 8 atom stereocenters. The van der Waals surface area contributed by atoms with Crippen molar-refractivity contribution in [1.82, 2.24) is 31.9 Å². The highest BCUT2D eigenvalue weighted by atomic mass is 16.5. The maximum absolute atomic E-state index is 12.7. The summed E-state index contributed by atoms with van der Waals surface area (Å²) in [5.74, 6) is 1.41. The van der Waals surface area contributed by atoms with Crippen LogP contribution in [0.5, 0.6) is 0 Å². The van der Waals surface area contributed by atoms with Crippen molar-refractivity contribution < 1.29 is 9.53 Å². The molecular weight excluding hydrogens is 392 g/mol. The summed E-state index contributed by atoms with van der Waals surface area (Å²) in [6, 6.07) is 1.17. The van der Waals surface area contributed by atoms with Gasteiger partial charge in [-0.1, -0.05) is 13.3 Å². The maximum atomic E-state index is 12.7. The van der Waals surface area contributed by atoms with Crippen LogP contribution in [-0.2, 0) is 9.53 Å². The summed E-state index contributed by atoms with van der Waals surface area (Å²) >= 11 is 0. The van der Waals surface area contributed by atoms with Gasteiger partial charge in [-0.05, 0) is 76.4 Å². The molecule has 1 saturated carbocycles. The topological polar surface area (TPSA) is 98.5 Å². The molecule has 0 radical (unpaired) electrons. The molecule has 1 amide bonds. The minimum absolute atomic E-state index is 0.00183. The highest BCUT2D eigenvalue weighted by Gasteiger charge is 2.35. The first-order chi connectivity index (χ1) is 15.1. The molecule has 4 aliphatic rings. The second-order valence-corrected chi connectivity index (χ2v) is 10.2. The van der Waals surface area contributed by atoms with Crippen LogP contribution in [-0.4, -0.2) is 75.8 Å². The van der Waals surface area contributed by atoms with E-state index in [0.717, 1.165) is 71.1 Å². The first-order valence-corrected chi connectivity index (χ1v) is 12.6. The lowest BCUT2D eigenvalue weighted by molar-refractivity contribution is -0.124. The van der Waals surface area contributed by atoms with E-state index in [1.54, 1.807) is 0 Å². The Balaban J connectivity index is 1.26. The average molecular weight is 437 g/mol. The molecule has 0 aromatic rings. The third-order valence-corrected chi connectivity index (χ3v) is 7.98. The van der Waals surface area contributed by atoms with Crippen molar-refractivity contribution >= 4 is 5.91 Å². The van der Waals surface area contributed by atoms with Crippen molar-refractivity contribution in [3.63, 3.8) is 0 Å². The largest absolute Gasteiger partial charge is 0.380 e. The number of amides is 1. The summed E-state index contributed by atoms with van der Waals surface area (Å²) in [6.07, 6.45) is 9.25. The van der Waals surface area contributed by atoms with Crippen LogP contribution in [0.3, 0.4) is 0 Å². The number of carbonyl (C=O) groups excluding carboxylic acids is 1. The van der Waals surface area contributed by atoms with Crippen molar-refractivity contribution in [2.45, 2.75) is 94.9 Å². The number of ether oxygens (including phenoxy) is 1. The van der Waals surface area contributed by atoms with E-state index >= 15 is 0 Å². The van der Waals surface area contributed by atoms with Crippen molar-refractivity contribution in [1.29, 1.82) is 0 Å². The van der Waals surface area contributed by atoms with E-state index < -0.39 is 0 Å². The van der Waals surface area contributed by atoms with Gasteiger partial charge in [0.2, 0.25) is 5.91 Å². The fourth-order valence-electron chi connectivity index (χ4n) is 5.92. The Labute approximate surface area is 187 Å². The van der Waals surface area contributed by atoms with E-state index in [0.29, 0.717) is 30.0 Å². The van der Waals surface area contributed by atoms with Crippen LogP contribution < -0.4 is 31.9 Å². The summed E-state index contributed by atoms with van der Waals surface area (Å²) in [5.41, 5.74) is 0. The molecule has 8 nitrogen and oxygen atoms in total. The summed E-state index contributed by atoms with van der Waals surface area (Å²) in [5, 5.41) is 21.5. The minimum Gasteiger partial charge on any atom is -0.380 e.